The van der Waals surface area contributed by atoms with E-state index in [-0.39, 0.29) is 24.0 Å². The summed E-state index contributed by atoms with van der Waals surface area (Å²) in [7, 11) is 3.86. The Morgan fingerprint density at radius 1 is 1.21 bits per heavy atom. The summed E-state index contributed by atoms with van der Waals surface area (Å²) in [5, 5.41) is 15.8. The molecule has 10 heteroatoms. The van der Waals surface area contributed by atoms with Gasteiger partial charge in [0.05, 0.1) is 10.6 Å². The Labute approximate surface area is 167 Å². The number of nitro groups is 1. The molecule has 0 saturated carbocycles. The summed E-state index contributed by atoms with van der Waals surface area (Å²) in [4.78, 5) is 43.1. The number of rotatable bonds is 9. The molecule has 150 valence electrons. The van der Waals surface area contributed by atoms with Gasteiger partial charge in [0.1, 0.15) is 6.54 Å². The number of nitrogens with one attached hydrogen (secondary N) is 1. The van der Waals surface area contributed by atoms with Gasteiger partial charge in [-0.2, -0.15) is 0 Å². The lowest BCUT2D eigenvalue weighted by Gasteiger charge is -2.23. The highest BCUT2D eigenvalue weighted by Crippen LogP contribution is 2.16. The summed E-state index contributed by atoms with van der Waals surface area (Å²) >= 11 is 1.32. The number of anilines is 1. The summed E-state index contributed by atoms with van der Waals surface area (Å²) in [5.41, 5.74) is 1.02. The lowest BCUT2D eigenvalue weighted by Crippen LogP contribution is -2.39. The first-order valence-electron chi connectivity index (χ1n) is 8.66. The van der Waals surface area contributed by atoms with Crippen molar-refractivity contribution in [2.45, 2.75) is 13.3 Å². The number of thiazole rings is 1. The third kappa shape index (κ3) is 6.39. The molecule has 1 aromatic heterocycles. The standard InChI is InChI=1S/C18H23N5O4S/c1-13-12-28-18(19-13)20-16(24)11-22(10-4-9-21(2)3)17(25)14-5-7-15(8-6-14)23(26)27/h5-8,12H,4,9-11H2,1-3H3,(H,19,20,24). The molecule has 0 spiro atoms. The van der Waals surface area contributed by atoms with E-state index in [9.17, 15) is 19.7 Å². The van der Waals surface area contributed by atoms with Crippen LogP contribution in [-0.4, -0.2) is 65.3 Å². The van der Waals surface area contributed by atoms with Gasteiger partial charge < -0.3 is 15.1 Å². The van der Waals surface area contributed by atoms with Gasteiger partial charge in [-0.05, 0) is 46.1 Å². The lowest BCUT2D eigenvalue weighted by atomic mass is 10.1. The second-order valence-corrected chi connectivity index (χ2v) is 7.39. The van der Waals surface area contributed by atoms with E-state index in [2.05, 4.69) is 10.3 Å². The van der Waals surface area contributed by atoms with Crippen LogP contribution in [0.15, 0.2) is 29.6 Å². The summed E-state index contributed by atoms with van der Waals surface area (Å²) in [6.45, 7) is 2.86. The number of amides is 2. The molecule has 0 aliphatic heterocycles. The predicted molar refractivity (Wildman–Crippen MR) is 108 cm³/mol. The molecule has 1 N–H and O–H groups in total. The molecule has 1 heterocycles. The SMILES string of the molecule is Cc1csc(NC(=O)CN(CCCN(C)C)C(=O)c2ccc([N+](=O)[O-])cc2)n1. The van der Waals surface area contributed by atoms with Crippen LogP contribution in [0.2, 0.25) is 0 Å². The first kappa shape index (κ1) is 21.5. The highest BCUT2D eigenvalue weighted by Gasteiger charge is 2.20. The van der Waals surface area contributed by atoms with Crippen molar-refractivity contribution in [2.75, 3.05) is 39.0 Å². The molecule has 9 nitrogen and oxygen atoms in total. The maximum absolute atomic E-state index is 12.8. The van der Waals surface area contributed by atoms with Gasteiger partial charge >= 0.3 is 0 Å². The number of aryl methyl sites for hydroxylation is 1. The van der Waals surface area contributed by atoms with Crippen LogP contribution in [0.4, 0.5) is 10.8 Å². The van der Waals surface area contributed by atoms with Crippen LogP contribution in [-0.2, 0) is 4.79 Å². The van der Waals surface area contributed by atoms with E-state index in [4.69, 9.17) is 0 Å². The highest BCUT2D eigenvalue weighted by atomic mass is 32.1. The van der Waals surface area contributed by atoms with Crippen molar-refractivity contribution in [3.8, 4) is 0 Å². The number of hydrogen-bond donors (Lipinski definition) is 1. The van der Waals surface area contributed by atoms with Gasteiger partial charge in [-0.15, -0.1) is 11.3 Å². The van der Waals surface area contributed by atoms with E-state index in [0.29, 0.717) is 23.7 Å². The molecule has 28 heavy (non-hydrogen) atoms. The van der Waals surface area contributed by atoms with Crippen molar-refractivity contribution in [2.24, 2.45) is 0 Å². The van der Waals surface area contributed by atoms with Crippen molar-refractivity contribution in [3.63, 3.8) is 0 Å². The Bertz CT molecular complexity index is 835. The zero-order valence-corrected chi connectivity index (χ0v) is 16.9. The molecule has 2 aromatic rings. The number of nitrogens with zero attached hydrogens (tertiary/aromatic N) is 4. The number of benzene rings is 1. The van der Waals surface area contributed by atoms with Crippen LogP contribution < -0.4 is 5.32 Å². The van der Waals surface area contributed by atoms with Gasteiger partial charge in [0, 0.05) is 29.6 Å². The predicted octanol–water partition coefficient (Wildman–Crippen LogP) is 2.39. The van der Waals surface area contributed by atoms with E-state index >= 15 is 0 Å². The number of hydrogen-bond acceptors (Lipinski definition) is 7. The minimum atomic E-state index is -0.521. The van der Waals surface area contributed by atoms with Crippen LogP contribution in [0.1, 0.15) is 22.5 Å². The first-order valence-corrected chi connectivity index (χ1v) is 9.54. The number of carbonyl (C=O) groups is 2. The largest absolute Gasteiger partial charge is 0.329 e. The molecular weight excluding hydrogens is 382 g/mol. The topological polar surface area (TPSA) is 109 Å². The zero-order valence-electron chi connectivity index (χ0n) is 16.0. The number of carbonyl (C=O) groups excluding carboxylic acids is 2. The molecule has 1 aromatic carbocycles. The third-order valence-corrected chi connectivity index (χ3v) is 4.72. The van der Waals surface area contributed by atoms with Crippen molar-refractivity contribution < 1.29 is 14.5 Å². The van der Waals surface area contributed by atoms with Gasteiger partial charge in [-0.1, -0.05) is 0 Å². The van der Waals surface area contributed by atoms with Crippen molar-refractivity contribution in [3.05, 3.63) is 51.0 Å². The maximum Gasteiger partial charge on any atom is 0.269 e. The van der Waals surface area contributed by atoms with E-state index < -0.39 is 4.92 Å². The maximum atomic E-state index is 12.8. The van der Waals surface area contributed by atoms with E-state index in [1.807, 2.05) is 31.3 Å². The molecule has 0 bridgehead atoms. The normalized spacial score (nSPS) is 10.7. The molecule has 0 aliphatic carbocycles. The van der Waals surface area contributed by atoms with Gasteiger partial charge in [0.25, 0.3) is 11.6 Å². The lowest BCUT2D eigenvalue weighted by molar-refractivity contribution is -0.384. The average molecular weight is 405 g/mol. The minimum Gasteiger partial charge on any atom is -0.329 e. The molecule has 2 amide bonds. The van der Waals surface area contributed by atoms with E-state index in [1.165, 1.54) is 40.5 Å². The fourth-order valence-corrected chi connectivity index (χ4v) is 3.19. The Morgan fingerprint density at radius 3 is 2.43 bits per heavy atom. The molecule has 0 saturated heterocycles. The van der Waals surface area contributed by atoms with Gasteiger partial charge in [0.2, 0.25) is 5.91 Å². The molecule has 0 aliphatic rings. The van der Waals surface area contributed by atoms with Crippen molar-refractivity contribution in [1.82, 2.24) is 14.8 Å². The Hall–Kier alpha value is -2.85. The fourth-order valence-electron chi connectivity index (χ4n) is 2.48. The van der Waals surface area contributed by atoms with E-state index in [1.54, 1.807) is 0 Å². The Balaban J connectivity index is 2.09. The number of nitro benzene ring substituents is 1. The second-order valence-electron chi connectivity index (χ2n) is 6.53. The summed E-state index contributed by atoms with van der Waals surface area (Å²) in [6.07, 6.45) is 0.690. The van der Waals surface area contributed by atoms with Crippen LogP contribution in [0.3, 0.4) is 0 Å². The highest BCUT2D eigenvalue weighted by molar-refractivity contribution is 7.13. The van der Waals surface area contributed by atoms with Gasteiger partial charge in [-0.25, -0.2) is 4.98 Å². The second kappa shape index (κ2) is 9.90. The summed E-state index contributed by atoms with van der Waals surface area (Å²) < 4.78 is 0. The molecule has 0 radical (unpaired) electrons. The smallest absolute Gasteiger partial charge is 0.269 e. The average Bonchev–Trinajstić information content (AvgIpc) is 3.04. The molecule has 2 rings (SSSR count). The Kier molecular flexibility index (Phi) is 7.59. The van der Waals surface area contributed by atoms with Crippen molar-refractivity contribution in [1.29, 1.82) is 0 Å². The van der Waals surface area contributed by atoms with E-state index in [0.717, 1.165) is 12.2 Å². The third-order valence-electron chi connectivity index (χ3n) is 3.85. The molecule has 0 fully saturated rings. The summed E-state index contributed by atoms with van der Waals surface area (Å²) in [5.74, 6) is -0.686. The first-order chi connectivity index (χ1) is 13.3. The Morgan fingerprint density at radius 2 is 1.89 bits per heavy atom. The quantitative estimate of drug-likeness (QED) is 0.507. The molecule has 0 atom stereocenters. The zero-order chi connectivity index (χ0) is 20.7. The fraction of sp³-hybridized carbons (Fsp3) is 0.389. The summed E-state index contributed by atoms with van der Waals surface area (Å²) in [6, 6.07) is 5.37. The minimum absolute atomic E-state index is 0.0902. The van der Waals surface area contributed by atoms with Crippen LogP contribution in [0.5, 0.6) is 0 Å². The molecular formula is C18H23N5O4S. The monoisotopic (exact) mass is 405 g/mol. The van der Waals surface area contributed by atoms with Crippen LogP contribution in [0, 0.1) is 17.0 Å². The van der Waals surface area contributed by atoms with Gasteiger partial charge in [0.15, 0.2) is 5.13 Å². The van der Waals surface area contributed by atoms with Crippen LogP contribution in [0.25, 0.3) is 0 Å². The number of aromatic nitrogens is 1. The van der Waals surface area contributed by atoms with Gasteiger partial charge in [-0.3, -0.25) is 19.7 Å². The number of non-ortho nitro benzene ring substituents is 1. The molecule has 0 unspecified atom stereocenters. The van der Waals surface area contributed by atoms with Crippen molar-refractivity contribution >= 4 is 34.0 Å². The van der Waals surface area contributed by atoms with Crippen LogP contribution >= 0.6 is 11.3 Å².